The van der Waals surface area contributed by atoms with Gasteiger partial charge in [-0.25, -0.2) is 4.39 Å². The van der Waals surface area contributed by atoms with E-state index < -0.39 is 32.0 Å². The van der Waals surface area contributed by atoms with Crippen LogP contribution >= 0.6 is 0 Å². The van der Waals surface area contributed by atoms with Crippen molar-refractivity contribution in [3.63, 3.8) is 0 Å². The third kappa shape index (κ3) is 6.35. The summed E-state index contributed by atoms with van der Waals surface area (Å²) in [6, 6.07) is 2.71. The van der Waals surface area contributed by atoms with Gasteiger partial charge in [-0.05, 0) is 90.4 Å². The lowest BCUT2D eigenvalue weighted by atomic mass is 9.71. The van der Waals surface area contributed by atoms with Gasteiger partial charge in [0.05, 0.1) is 11.7 Å². The number of fused-ring (bicyclic) bond motifs is 1. The monoisotopic (exact) mass is 591 g/mol. The molecule has 1 heterocycles. The Labute approximate surface area is 243 Å². The second-order valence-corrected chi connectivity index (χ2v) is 19.2. The molecule has 2 aromatic rings. The van der Waals surface area contributed by atoms with E-state index in [2.05, 4.69) is 53.8 Å². The van der Waals surface area contributed by atoms with Crippen molar-refractivity contribution >= 4 is 13.9 Å². The molecule has 0 saturated carbocycles. The van der Waals surface area contributed by atoms with Gasteiger partial charge in [0.1, 0.15) is 11.9 Å². The minimum absolute atomic E-state index is 0.0209. The quantitative estimate of drug-likeness (QED) is 0.268. The van der Waals surface area contributed by atoms with Gasteiger partial charge in [0, 0.05) is 22.5 Å². The predicted molar refractivity (Wildman–Crippen MR) is 159 cm³/mol. The second-order valence-electron chi connectivity index (χ2n) is 14.5. The summed E-state index contributed by atoms with van der Waals surface area (Å²) in [6.07, 6.45) is 0.0606. The SMILES string of the molecule is CC(C)c1nc2c(c(C3=CCCC3)c1C(O)c1ccc(C(F)(F)F)c(F)c1)[C@H](O[Si](C)(C)C(C)(C)C)CC(C)(C)C2. The van der Waals surface area contributed by atoms with Crippen LogP contribution in [-0.2, 0) is 17.0 Å². The second kappa shape index (κ2) is 10.9. The standard InChI is InChI=1S/C33H45F4NO2Si/c1-19(2)29-28(30(39)21-14-15-22(23(34)16-21)33(35,36)37)26(20-12-10-11-13-20)27-24(38-29)17-32(6,7)18-25(27)40-41(8,9)31(3,4)5/h12,14-16,19,25,30,39H,10-11,13,17-18H2,1-9H3/t25-,30?/m1/s1. The first kappa shape index (κ1) is 31.9. The number of aliphatic hydroxyl groups excluding tert-OH is 1. The molecule has 2 aliphatic rings. The first-order valence-electron chi connectivity index (χ1n) is 14.7. The van der Waals surface area contributed by atoms with Gasteiger partial charge in [-0.3, -0.25) is 4.98 Å². The summed E-state index contributed by atoms with van der Waals surface area (Å²) >= 11 is 0. The van der Waals surface area contributed by atoms with Crippen LogP contribution in [0.4, 0.5) is 17.6 Å². The van der Waals surface area contributed by atoms with Gasteiger partial charge in [0.2, 0.25) is 0 Å². The number of nitrogens with zero attached hydrogens (tertiary/aromatic N) is 1. The summed E-state index contributed by atoms with van der Waals surface area (Å²) in [6.45, 7) is 19.6. The molecule has 41 heavy (non-hydrogen) atoms. The molecule has 0 spiro atoms. The lowest BCUT2D eigenvalue weighted by Crippen LogP contribution is -2.44. The van der Waals surface area contributed by atoms with Gasteiger partial charge >= 0.3 is 6.18 Å². The summed E-state index contributed by atoms with van der Waals surface area (Å²) in [4.78, 5) is 5.18. The Morgan fingerprint density at radius 1 is 1.12 bits per heavy atom. The third-order valence-corrected chi connectivity index (χ3v) is 13.6. The molecule has 1 aromatic carbocycles. The van der Waals surface area contributed by atoms with Gasteiger partial charge in [-0.15, -0.1) is 0 Å². The van der Waals surface area contributed by atoms with Gasteiger partial charge in [-0.1, -0.05) is 60.6 Å². The predicted octanol–water partition coefficient (Wildman–Crippen LogP) is 10.0. The minimum Gasteiger partial charge on any atom is -0.410 e. The minimum atomic E-state index is -4.81. The summed E-state index contributed by atoms with van der Waals surface area (Å²) in [7, 11) is -2.23. The fourth-order valence-electron chi connectivity index (χ4n) is 5.99. The molecule has 1 aromatic heterocycles. The van der Waals surface area contributed by atoms with E-state index in [1.54, 1.807) is 0 Å². The van der Waals surface area contributed by atoms with Crippen molar-refractivity contribution in [3.05, 3.63) is 69.3 Å². The highest BCUT2D eigenvalue weighted by atomic mass is 28.4. The number of pyridine rings is 1. The smallest absolute Gasteiger partial charge is 0.410 e. The van der Waals surface area contributed by atoms with Crippen molar-refractivity contribution in [2.24, 2.45) is 5.41 Å². The van der Waals surface area contributed by atoms with E-state index in [1.165, 1.54) is 6.07 Å². The number of rotatable bonds is 6. The zero-order chi connectivity index (χ0) is 30.7. The van der Waals surface area contributed by atoms with Crippen LogP contribution in [0.5, 0.6) is 0 Å². The number of hydrogen-bond donors (Lipinski definition) is 1. The van der Waals surface area contributed by atoms with E-state index in [0.717, 1.165) is 66.6 Å². The molecule has 0 radical (unpaired) electrons. The molecule has 3 nitrogen and oxygen atoms in total. The van der Waals surface area contributed by atoms with Crippen molar-refractivity contribution in [2.75, 3.05) is 0 Å². The van der Waals surface area contributed by atoms with Crippen LogP contribution < -0.4 is 0 Å². The average molecular weight is 592 g/mol. The number of aliphatic hydroxyl groups is 1. The Kier molecular flexibility index (Phi) is 8.49. The number of aromatic nitrogens is 1. The summed E-state index contributed by atoms with van der Waals surface area (Å²) in [5, 5.41) is 11.9. The zero-order valence-corrected chi connectivity index (χ0v) is 26.9. The fourth-order valence-corrected chi connectivity index (χ4v) is 7.25. The Balaban J connectivity index is 2.01. The van der Waals surface area contributed by atoms with Crippen molar-refractivity contribution in [1.82, 2.24) is 4.98 Å². The Morgan fingerprint density at radius 2 is 1.78 bits per heavy atom. The van der Waals surface area contributed by atoms with Gasteiger partial charge in [-0.2, -0.15) is 13.2 Å². The van der Waals surface area contributed by atoms with Crippen LogP contribution in [0.25, 0.3) is 5.57 Å². The molecule has 0 saturated heterocycles. The highest BCUT2D eigenvalue weighted by Crippen LogP contribution is 2.52. The van der Waals surface area contributed by atoms with Crippen molar-refractivity contribution in [3.8, 4) is 0 Å². The van der Waals surface area contributed by atoms with Crippen molar-refractivity contribution in [2.45, 2.75) is 123 Å². The number of hydrogen-bond acceptors (Lipinski definition) is 3. The molecule has 0 fully saturated rings. The highest BCUT2D eigenvalue weighted by molar-refractivity contribution is 6.74. The first-order chi connectivity index (χ1) is 18.7. The molecule has 2 atom stereocenters. The molecule has 4 rings (SSSR count). The van der Waals surface area contributed by atoms with Crippen LogP contribution in [0, 0.1) is 11.2 Å². The van der Waals surface area contributed by atoms with Gasteiger partial charge in [0.25, 0.3) is 0 Å². The van der Waals surface area contributed by atoms with E-state index in [0.29, 0.717) is 11.3 Å². The molecule has 2 aliphatic carbocycles. The van der Waals surface area contributed by atoms with Gasteiger partial charge < -0.3 is 9.53 Å². The number of benzene rings is 1. The maximum atomic E-state index is 14.7. The third-order valence-electron chi connectivity index (χ3n) is 9.13. The number of alkyl halides is 3. The fraction of sp³-hybridized carbons (Fsp3) is 0.606. The topological polar surface area (TPSA) is 42.4 Å². The van der Waals surface area contributed by atoms with Crippen molar-refractivity contribution in [1.29, 1.82) is 0 Å². The largest absolute Gasteiger partial charge is 0.419 e. The molecule has 0 aliphatic heterocycles. The Bertz CT molecular complexity index is 1340. The van der Waals surface area contributed by atoms with E-state index >= 15 is 0 Å². The maximum absolute atomic E-state index is 14.7. The molecule has 226 valence electrons. The summed E-state index contributed by atoms with van der Waals surface area (Å²) in [5.74, 6) is -1.47. The molecular weight excluding hydrogens is 546 g/mol. The van der Waals surface area contributed by atoms with Crippen LogP contribution in [-0.4, -0.2) is 18.4 Å². The average Bonchev–Trinajstić information content (AvgIpc) is 3.34. The van der Waals surface area contributed by atoms with Crippen LogP contribution in [0.2, 0.25) is 18.1 Å². The highest BCUT2D eigenvalue weighted by Gasteiger charge is 2.45. The molecule has 1 unspecified atom stereocenters. The van der Waals surface area contributed by atoms with E-state index in [9.17, 15) is 22.7 Å². The summed E-state index contributed by atoms with van der Waals surface area (Å²) < 4.78 is 61.8. The zero-order valence-electron chi connectivity index (χ0n) is 25.9. The number of allylic oxidation sites excluding steroid dienone is 2. The van der Waals surface area contributed by atoms with Gasteiger partial charge in [0.15, 0.2) is 8.32 Å². The molecule has 0 bridgehead atoms. The lowest BCUT2D eigenvalue weighted by Gasteiger charge is -2.45. The Morgan fingerprint density at radius 3 is 2.29 bits per heavy atom. The number of halogens is 4. The Hall–Kier alpha value is -2.03. The van der Waals surface area contributed by atoms with E-state index in [1.807, 2.05) is 13.8 Å². The lowest BCUT2D eigenvalue weighted by molar-refractivity contribution is -0.140. The van der Waals surface area contributed by atoms with Crippen LogP contribution in [0.15, 0.2) is 24.3 Å². The van der Waals surface area contributed by atoms with Crippen molar-refractivity contribution < 1.29 is 27.1 Å². The maximum Gasteiger partial charge on any atom is 0.419 e. The molecule has 1 N–H and O–H groups in total. The van der Waals surface area contributed by atoms with E-state index in [4.69, 9.17) is 9.41 Å². The van der Waals surface area contributed by atoms with Crippen LogP contribution in [0.3, 0.4) is 0 Å². The normalized spacial score (nSPS) is 20.3. The van der Waals surface area contributed by atoms with E-state index in [-0.39, 0.29) is 28.0 Å². The summed E-state index contributed by atoms with van der Waals surface area (Å²) in [5.41, 5.74) is 3.91. The molecule has 8 heteroatoms. The molecular formula is C33H45F4NO2Si. The molecule has 0 amide bonds. The van der Waals surface area contributed by atoms with Crippen LogP contribution in [0.1, 0.15) is 131 Å². The first-order valence-corrected chi connectivity index (χ1v) is 17.6.